The summed E-state index contributed by atoms with van der Waals surface area (Å²) in [4.78, 5) is 0.611. The predicted octanol–water partition coefficient (Wildman–Crippen LogP) is 6.13. The van der Waals surface area contributed by atoms with E-state index in [1.807, 2.05) is 12.1 Å². The fourth-order valence-corrected chi connectivity index (χ4v) is 2.87. The average molecular weight is 399 g/mol. The first kappa shape index (κ1) is 21.1. The molecule has 0 aromatic heterocycles. The summed E-state index contributed by atoms with van der Waals surface area (Å²) in [7, 11) is 0. The zero-order valence-electron chi connectivity index (χ0n) is 17.1. The Hall–Kier alpha value is -2.60. The molecule has 2 aromatic rings. The van der Waals surface area contributed by atoms with Crippen LogP contribution in [0.2, 0.25) is 0 Å². The molecule has 0 spiro atoms. The van der Waals surface area contributed by atoms with Gasteiger partial charge < -0.3 is 19.4 Å². The lowest BCUT2D eigenvalue weighted by Gasteiger charge is -2.06. The van der Waals surface area contributed by atoms with Gasteiger partial charge in [-0.25, -0.2) is 0 Å². The number of hydrogen-bond acceptors (Lipinski definition) is 5. The van der Waals surface area contributed by atoms with Crippen molar-refractivity contribution in [3.63, 3.8) is 0 Å². The smallest absolute Gasteiger partial charge is 0.245 e. The predicted molar refractivity (Wildman–Crippen MR) is 112 cm³/mol. The topological polar surface area (TPSA) is 69.4 Å². The van der Waals surface area contributed by atoms with Gasteiger partial charge in [0, 0.05) is 17.2 Å². The van der Waals surface area contributed by atoms with Crippen LogP contribution < -0.4 is 9.47 Å². The summed E-state index contributed by atoms with van der Waals surface area (Å²) in [5.41, 5.74) is 1.03. The molecular formula is C23H30N2O4. The van der Waals surface area contributed by atoms with Crippen molar-refractivity contribution in [3.05, 3.63) is 53.7 Å². The molecule has 29 heavy (non-hydrogen) atoms. The van der Waals surface area contributed by atoms with E-state index < -0.39 is 0 Å². The molecule has 1 atom stereocenters. The first-order valence-electron chi connectivity index (χ1n) is 10.5. The van der Waals surface area contributed by atoms with Gasteiger partial charge in [-0.05, 0) is 42.8 Å². The van der Waals surface area contributed by atoms with E-state index in [1.54, 1.807) is 36.4 Å². The standard InChI is InChI=1S/C23H30N2O4/c1-2-3-4-5-6-7-16-27-21-12-8-19(9-13-21)24-25(26)20-10-14-22(15-11-20)28-17-23-18-29-23/h8-15,23H,2-7,16-18H2,1H3. The monoisotopic (exact) mass is 398 g/mol. The van der Waals surface area contributed by atoms with Crippen molar-refractivity contribution in [2.75, 3.05) is 19.8 Å². The highest BCUT2D eigenvalue weighted by molar-refractivity contribution is 5.41. The second-order valence-corrected chi connectivity index (χ2v) is 7.24. The Morgan fingerprint density at radius 1 is 0.931 bits per heavy atom. The molecular weight excluding hydrogens is 368 g/mol. The molecule has 1 aliphatic rings. The molecule has 1 aliphatic heterocycles. The van der Waals surface area contributed by atoms with Crippen molar-refractivity contribution in [2.24, 2.45) is 5.11 Å². The first-order chi connectivity index (χ1) is 14.2. The lowest BCUT2D eigenvalue weighted by atomic mass is 10.1. The maximum Gasteiger partial charge on any atom is 0.245 e. The van der Waals surface area contributed by atoms with Gasteiger partial charge in [0.25, 0.3) is 0 Å². The largest absolute Gasteiger partial charge is 0.594 e. The lowest BCUT2D eigenvalue weighted by Crippen LogP contribution is -2.03. The van der Waals surface area contributed by atoms with Crippen LogP contribution in [-0.2, 0) is 4.74 Å². The molecule has 6 heteroatoms. The quantitative estimate of drug-likeness (QED) is 0.134. The van der Waals surface area contributed by atoms with E-state index in [9.17, 15) is 5.21 Å². The van der Waals surface area contributed by atoms with Crippen LogP contribution in [0, 0.1) is 5.21 Å². The van der Waals surface area contributed by atoms with E-state index in [0.717, 1.165) is 25.4 Å². The maximum atomic E-state index is 12.3. The Morgan fingerprint density at radius 2 is 1.55 bits per heavy atom. The van der Waals surface area contributed by atoms with Gasteiger partial charge >= 0.3 is 0 Å². The van der Waals surface area contributed by atoms with Crippen LogP contribution in [0.4, 0.5) is 11.4 Å². The second-order valence-electron chi connectivity index (χ2n) is 7.24. The Kier molecular flexibility index (Phi) is 8.31. The number of azo groups is 1. The van der Waals surface area contributed by atoms with Gasteiger partial charge in [0.05, 0.1) is 13.2 Å². The summed E-state index contributed by atoms with van der Waals surface area (Å²) in [6.45, 7) is 4.24. The number of unbranched alkanes of at least 4 members (excludes halogenated alkanes) is 5. The zero-order valence-corrected chi connectivity index (χ0v) is 17.1. The van der Waals surface area contributed by atoms with Crippen molar-refractivity contribution >= 4 is 11.4 Å². The van der Waals surface area contributed by atoms with Crippen molar-refractivity contribution in [1.29, 1.82) is 0 Å². The van der Waals surface area contributed by atoms with Gasteiger partial charge in [-0.3, -0.25) is 0 Å². The Morgan fingerprint density at radius 3 is 2.24 bits per heavy atom. The molecule has 1 unspecified atom stereocenters. The number of nitrogens with zero attached hydrogens (tertiary/aromatic N) is 2. The molecule has 1 saturated heterocycles. The van der Waals surface area contributed by atoms with E-state index in [1.165, 1.54) is 32.1 Å². The average Bonchev–Trinajstić information content (AvgIpc) is 3.58. The fourth-order valence-electron chi connectivity index (χ4n) is 2.87. The van der Waals surface area contributed by atoms with Crippen LogP contribution in [-0.4, -0.2) is 30.8 Å². The number of epoxide rings is 1. The van der Waals surface area contributed by atoms with Gasteiger partial charge in [0.1, 0.15) is 29.9 Å². The fraction of sp³-hybridized carbons (Fsp3) is 0.478. The van der Waals surface area contributed by atoms with Gasteiger partial charge in [0.2, 0.25) is 5.69 Å². The number of hydrogen-bond donors (Lipinski definition) is 0. The highest BCUT2D eigenvalue weighted by Gasteiger charge is 2.23. The molecule has 2 aromatic carbocycles. The summed E-state index contributed by atoms with van der Waals surface area (Å²) in [6, 6.07) is 14.2. The first-order valence-corrected chi connectivity index (χ1v) is 10.5. The van der Waals surface area contributed by atoms with Crippen molar-refractivity contribution in [3.8, 4) is 11.5 Å². The van der Waals surface area contributed by atoms with Crippen molar-refractivity contribution < 1.29 is 19.1 Å². The third-order valence-electron chi connectivity index (χ3n) is 4.71. The normalized spacial score (nSPS) is 15.9. The van der Waals surface area contributed by atoms with Crippen LogP contribution in [0.5, 0.6) is 11.5 Å². The van der Waals surface area contributed by atoms with Crippen molar-refractivity contribution in [1.82, 2.24) is 0 Å². The van der Waals surface area contributed by atoms with Crippen LogP contribution in [0.15, 0.2) is 53.6 Å². The Labute approximate surface area is 172 Å². The molecule has 0 amide bonds. The van der Waals surface area contributed by atoms with Gasteiger partial charge in [-0.1, -0.05) is 43.9 Å². The minimum Gasteiger partial charge on any atom is -0.594 e. The highest BCUT2D eigenvalue weighted by atomic mass is 16.6. The summed E-state index contributed by atoms with van der Waals surface area (Å²) in [5, 5.41) is 16.3. The molecule has 0 bridgehead atoms. The van der Waals surface area contributed by atoms with E-state index in [-0.39, 0.29) is 6.10 Å². The third-order valence-corrected chi connectivity index (χ3v) is 4.71. The molecule has 1 heterocycles. The van der Waals surface area contributed by atoms with E-state index >= 15 is 0 Å². The Bertz CT molecular complexity index is 755. The number of rotatable bonds is 13. The SMILES string of the molecule is CCCCCCCCOc1ccc(N=[N+]([O-])c2ccc(OCC3CO3)cc2)cc1. The molecule has 6 nitrogen and oxygen atoms in total. The van der Waals surface area contributed by atoms with Crippen LogP contribution in [0.1, 0.15) is 45.4 Å². The third kappa shape index (κ3) is 7.74. The maximum absolute atomic E-state index is 12.3. The highest BCUT2D eigenvalue weighted by Crippen LogP contribution is 2.23. The number of benzene rings is 2. The van der Waals surface area contributed by atoms with Crippen LogP contribution >= 0.6 is 0 Å². The molecule has 1 fully saturated rings. The summed E-state index contributed by atoms with van der Waals surface area (Å²) >= 11 is 0. The lowest BCUT2D eigenvalue weighted by molar-refractivity contribution is -0.435. The second kappa shape index (κ2) is 11.4. The van der Waals surface area contributed by atoms with Crippen LogP contribution in [0.3, 0.4) is 0 Å². The van der Waals surface area contributed by atoms with Gasteiger partial charge in [-0.2, -0.15) is 0 Å². The minimum absolute atomic E-state index is 0.207. The Balaban J connectivity index is 1.43. The number of ether oxygens (including phenoxy) is 3. The molecule has 0 aliphatic carbocycles. The molecule has 3 rings (SSSR count). The van der Waals surface area contributed by atoms with E-state index in [2.05, 4.69) is 12.0 Å². The molecule has 0 N–H and O–H groups in total. The molecule has 156 valence electrons. The van der Waals surface area contributed by atoms with E-state index in [0.29, 0.717) is 28.6 Å². The zero-order chi connectivity index (χ0) is 20.3. The van der Waals surface area contributed by atoms with Gasteiger partial charge in [-0.15, -0.1) is 0 Å². The minimum atomic E-state index is 0.207. The van der Waals surface area contributed by atoms with Gasteiger partial charge in [0.15, 0.2) is 0 Å². The molecule has 0 saturated carbocycles. The summed E-state index contributed by atoms with van der Waals surface area (Å²) < 4.78 is 16.4. The summed E-state index contributed by atoms with van der Waals surface area (Å²) in [5.74, 6) is 1.51. The summed E-state index contributed by atoms with van der Waals surface area (Å²) in [6.07, 6.45) is 7.65. The molecule has 0 radical (unpaired) electrons. The van der Waals surface area contributed by atoms with Crippen LogP contribution in [0.25, 0.3) is 0 Å². The van der Waals surface area contributed by atoms with Crippen molar-refractivity contribution in [2.45, 2.75) is 51.6 Å². The van der Waals surface area contributed by atoms with E-state index in [4.69, 9.17) is 14.2 Å².